The summed E-state index contributed by atoms with van der Waals surface area (Å²) in [5, 5.41) is 14.9. The van der Waals surface area contributed by atoms with Crippen LogP contribution < -0.4 is 35.3 Å². The first-order valence-corrected chi connectivity index (χ1v) is 21.9. The zero-order valence-electron chi connectivity index (χ0n) is 37.0. The Morgan fingerprint density at radius 1 is 0.500 bits per heavy atom. The third-order valence-electron chi connectivity index (χ3n) is 11.1. The van der Waals surface area contributed by atoms with Gasteiger partial charge in [-0.2, -0.15) is 4.57 Å². The van der Waals surface area contributed by atoms with Gasteiger partial charge in [-0.05, 0) is 135 Å². The molecular weight excluding hydrogens is 849 g/mol. The van der Waals surface area contributed by atoms with Gasteiger partial charge in [-0.15, -0.1) is 0 Å². The lowest BCUT2D eigenvalue weighted by Crippen LogP contribution is -2.29. The van der Waals surface area contributed by atoms with Gasteiger partial charge in [0.05, 0.1) is 11.0 Å². The Morgan fingerprint density at radius 3 is 1.71 bits per heavy atom. The molecule has 4 N–H and O–H groups in total. The van der Waals surface area contributed by atoms with Crippen molar-refractivity contribution >= 4 is 67.7 Å². The number of carbonyl (C=O) groups is 2. The van der Waals surface area contributed by atoms with Crippen LogP contribution in [0.15, 0.2) is 201 Å². The van der Waals surface area contributed by atoms with Crippen molar-refractivity contribution in [2.75, 3.05) is 21.3 Å². The van der Waals surface area contributed by atoms with E-state index in [1.165, 1.54) is 0 Å². The molecule has 330 valence electrons. The second kappa shape index (κ2) is 19.0. The molecule has 0 saturated carbocycles. The van der Waals surface area contributed by atoms with Gasteiger partial charge in [0.2, 0.25) is 5.69 Å². The molecule has 0 aliphatic carbocycles. The summed E-state index contributed by atoms with van der Waals surface area (Å²) in [7, 11) is 0. The first-order valence-electron chi connectivity index (χ1n) is 21.9. The minimum absolute atomic E-state index is 0.227. The Morgan fingerprint density at radius 2 is 1.07 bits per heavy atom. The number of nitrogens with zero attached hydrogens (tertiary/aromatic N) is 4. The van der Waals surface area contributed by atoms with Crippen LogP contribution in [0.4, 0.5) is 34.1 Å². The molecule has 0 spiro atoms. The molecule has 0 atom stereocenters. The SMILES string of the molecule is Cc1cc(Nc2cccc(C(=O)Nc3ccc(Oc4cc[n+](-c5cc(C)c6nccc(Nc7cccc(C(=O)Nc8ccc(Oc9ccncc9)cc8)c7)c6c5)cc4)cc3)c2)c2ccccc2n1. The summed E-state index contributed by atoms with van der Waals surface area (Å²) in [5.74, 6) is 2.13. The molecule has 68 heavy (non-hydrogen) atoms. The summed E-state index contributed by atoms with van der Waals surface area (Å²) in [6, 6.07) is 52.7. The number of aryl methyl sites for hydroxylation is 2. The summed E-state index contributed by atoms with van der Waals surface area (Å²) < 4.78 is 14.1. The molecule has 0 fully saturated rings. The number of pyridine rings is 4. The fourth-order valence-electron chi connectivity index (χ4n) is 7.82. The maximum Gasteiger partial charge on any atom is 0.255 e. The van der Waals surface area contributed by atoms with E-state index < -0.39 is 0 Å². The van der Waals surface area contributed by atoms with Crippen LogP contribution in [0.2, 0.25) is 0 Å². The normalized spacial score (nSPS) is 10.9. The van der Waals surface area contributed by atoms with Gasteiger partial charge in [0.25, 0.3) is 11.8 Å². The van der Waals surface area contributed by atoms with E-state index in [1.54, 1.807) is 67.1 Å². The van der Waals surface area contributed by atoms with Crippen molar-refractivity contribution in [2.24, 2.45) is 0 Å². The highest BCUT2D eigenvalue weighted by Gasteiger charge is 2.16. The van der Waals surface area contributed by atoms with E-state index in [9.17, 15) is 9.59 Å². The molecule has 0 aliphatic heterocycles. The van der Waals surface area contributed by atoms with Gasteiger partial charge < -0.3 is 30.7 Å². The van der Waals surface area contributed by atoms with Crippen LogP contribution >= 0.6 is 0 Å². The zero-order chi connectivity index (χ0) is 46.4. The third kappa shape index (κ3) is 9.80. The average molecular weight is 892 g/mol. The number of carbonyl (C=O) groups excluding carboxylic acids is 2. The number of hydrogen-bond acceptors (Lipinski definition) is 9. The van der Waals surface area contributed by atoms with Gasteiger partial charge in [0.15, 0.2) is 12.4 Å². The lowest BCUT2D eigenvalue weighted by molar-refractivity contribution is -0.595. The van der Waals surface area contributed by atoms with Crippen LogP contribution in [0, 0.1) is 13.8 Å². The standard InChI is InChI=1S/C56H42N8O4/c1-36-31-44(35-50-52(23-28-58-54(36)50)60-42-9-5-7-38(33-42)55(65)62-40-13-17-45(18-14-40)67-47-21-26-57-27-22-47)64-29-24-48(25-30-64)68-46-19-15-41(16-20-46)63-56(66)39-8-6-10-43(34-39)61-53-32-37(2)59-51-12-4-3-11-49(51)53/h3-35H,1-2H3,(H3-,58,59,60,61,62,63,65,66)/p+1. The molecule has 4 heterocycles. The van der Waals surface area contributed by atoms with Crippen LogP contribution in [-0.4, -0.2) is 26.8 Å². The van der Waals surface area contributed by atoms with Crippen LogP contribution in [-0.2, 0) is 0 Å². The van der Waals surface area contributed by atoms with Gasteiger partial charge in [0.1, 0.15) is 23.0 Å². The first kappa shape index (κ1) is 42.5. The predicted octanol–water partition coefficient (Wildman–Crippen LogP) is 12.6. The fraction of sp³-hybridized carbons (Fsp3) is 0.0357. The van der Waals surface area contributed by atoms with E-state index in [-0.39, 0.29) is 11.8 Å². The van der Waals surface area contributed by atoms with E-state index in [4.69, 9.17) is 14.5 Å². The second-order valence-electron chi connectivity index (χ2n) is 16.0. The van der Waals surface area contributed by atoms with Crippen LogP contribution in [0.5, 0.6) is 23.0 Å². The monoisotopic (exact) mass is 891 g/mol. The van der Waals surface area contributed by atoms with E-state index >= 15 is 0 Å². The lowest BCUT2D eigenvalue weighted by atomic mass is 10.1. The summed E-state index contributed by atoms with van der Waals surface area (Å²) in [6.07, 6.45) is 9.00. The maximum absolute atomic E-state index is 13.3. The van der Waals surface area contributed by atoms with Crippen molar-refractivity contribution < 1.29 is 23.6 Å². The number of ether oxygens (including phenoxy) is 2. The van der Waals surface area contributed by atoms with Crippen LogP contribution in [0.3, 0.4) is 0 Å². The van der Waals surface area contributed by atoms with Gasteiger partial charge in [-0.25, -0.2) is 0 Å². The predicted molar refractivity (Wildman–Crippen MR) is 267 cm³/mol. The molecule has 10 aromatic rings. The number of fused-ring (bicyclic) bond motifs is 2. The molecule has 12 heteroatoms. The van der Waals surface area contributed by atoms with Crippen LogP contribution in [0.1, 0.15) is 32.0 Å². The van der Waals surface area contributed by atoms with Crippen LogP contribution in [0.25, 0.3) is 27.5 Å². The largest absolute Gasteiger partial charge is 0.457 e. The Bertz CT molecular complexity index is 3460. The molecule has 0 saturated heterocycles. The fourth-order valence-corrected chi connectivity index (χ4v) is 7.82. The minimum Gasteiger partial charge on any atom is -0.457 e. The number of aromatic nitrogens is 4. The summed E-state index contributed by atoms with van der Waals surface area (Å²) >= 11 is 0. The molecule has 12 nitrogen and oxygen atoms in total. The maximum atomic E-state index is 13.3. The van der Waals surface area contributed by atoms with E-state index in [1.807, 2.05) is 140 Å². The van der Waals surface area contributed by atoms with Gasteiger partial charge in [-0.3, -0.25) is 24.5 Å². The van der Waals surface area contributed by atoms with Crippen molar-refractivity contribution in [2.45, 2.75) is 13.8 Å². The zero-order valence-corrected chi connectivity index (χ0v) is 37.0. The van der Waals surface area contributed by atoms with Gasteiger partial charge in [-0.1, -0.05) is 30.3 Å². The number of amides is 2. The van der Waals surface area contributed by atoms with E-state index in [2.05, 4.69) is 43.4 Å². The van der Waals surface area contributed by atoms with Gasteiger partial charge >= 0.3 is 0 Å². The highest BCUT2D eigenvalue weighted by atomic mass is 16.5. The van der Waals surface area contributed by atoms with Crippen molar-refractivity contribution in [3.63, 3.8) is 0 Å². The van der Waals surface area contributed by atoms with Crippen molar-refractivity contribution in [1.82, 2.24) is 15.0 Å². The summed E-state index contributed by atoms with van der Waals surface area (Å²) in [4.78, 5) is 40.0. The summed E-state index contributed by atoms with van der Waals surface area (Å²) in [6.45, 7) is 4.00. The van der Waals surface area contributed by atoms with Gasteiger partial charge in [0, 0.05) is 105 Å². The van der Waals surface area contributed by atoms with Crippen molar-refractivity contribution in [3.05, 3.63) is 223 Å². The smallest absolute Gasteiger partial charge is 0.255 e. The topological polar surface area (TPSA) is 143 Å². The summed E-state index contributed by atoms with van der Waals surface area (Å²) in [5.41, 5.74) is 10.2. The molecule has 0 radical (unpaired) electrons. The third-order valence-corrected chi connectivity index (χ3v) is 11.1. The Kier molecular flexibility index (Phi) is 11.9. The second-order valence-corrected chi connectivity index (χ2v) is 16.0. The molecule has 0 bridgehead atoms. The minimum atomic E-state index is -0.239. The number of rotatable bonds is 13. The molecule has 4 aromatic heterocycles. The number of nitrogens with one attached hydrogen (secondary N) is 4. The molecule has 10 rings (SSSR count). The first-order chi connectivity index (χ1) is 33.3. The Hall–Kier alpha value is -9.42. The molecule has 0 unspecified atom stereocenters. The number of hydrogen-bond donors (Lipinski definition) is 4. The quantitative estimate of drug-likeness (QED) is 0.0832. The van der Waals surface area contributed by atoms with Crippen molar-refractivity contribution in [1.29, 1.82) is 0 Å². The van der Waals surface area contributed by atoms with Crippen molar-refractivity contribution in [3.8, 4) is 28.7 Å². The highest BCUT2D eigenvalue weighted by Crippen LogP contribution is 2.31. The number of benzene rings is 6. The number of anilines is 6. The molecule has 2 amide bonds. The Balaban J connectivity index is 0.773. The number of para-hydroxylation sites is 1. The molecule has 0 aliphatic rings. The van der Waals surface area contributed by atoms with E-state index in [0.717, 1.165) is 61.5 Å². The Labute approximate surface area is 391 Å². The van der Waals surface area contributed by atoms with E-state index in [0.29, 0.717) is 45.5 Å². The molecule has 6 aromatic carbocycles. The average Bonchev–Trinajstić information content (AvgIpc) is 3.36. The highest BCUT2D eigenvalue weighted by molar-refractivity contribution is 6.06. The lowest BCUT2D eigenvalue weighted by Gasteiger charge is -2.13. The molecular formula is C56H43N8O4+.